The van der Waals surface area contributed by atoms with Crippen LogP contribution in [0.5, 0.6) is 0 Å². The first-order valence-corrected chi connectivity index (χ1v) is 5.07. The van der Waals surface area contributed by atoms with E-state index in [9.17, 15) is 0 Å². The molecule has 0 aliphatic carbocycles. The van der Waals surface area contributed by atoms with Gasteiger partial charge in [-0.2, -0.15) is 10.1 Å². The van der Waals surface area contributed by atoms with E-state index in [1.54, 1.807) is 12.3 Å². The van der Waals surface area contributed by atoms with Gasteiger partial charge in [0, 0.05) is 12.6 Å². The second-order valence-corrected chi connectivity index (χ2v) is 3.29. The Balaban J connectivity index is 2.61. The average molecular weight is 207 g/mol. The predicted octanol–water partition coefficient (Wildman–Crippen LogP) is 1.68. The van der Waals surface area contributed by atoms with Crippen molar-refractivity contribution in [3.63, 3.8) is 0 Å². The molecule has 0 radical (unpaired) electrons. The van der Waals surface area contributed by atoms with E-state index in [-0.39, 0.29) is 0 Å². The van der Waals surface area contributed by atoms with Gasteiger partial charge in [0.15, 0.2) is 5.82 Å². The zero-order valence-corrected chi connectivity index (χ0v) is 9.20. The molecule has 1 aromatic rings. The summed E-state index contributed by atoms with van der Waals surface area (Å²) in [4.78, 5) is 4.25. The molecule has 0 spiro atoms. The molecule has 0 amide bonds. The van der Waals surface area contributed by atoms with Crippen LogP contribution >= 0.6 is 0 Å². The van der Waals surface area contributed by atoms with Gasteiger partial charge in [-0.05, 0) is 13.3 Å². The standard InChI is InChI=1S/C10H17N5/c1-4-6-11-9-7-12-15-10(14-9)13-8(3)5-2/h4,7-8H,1,5-6H2,2-3H3,(H2,11,13,14,15). The van der Waals surface area contributed by atoms with Crippen LogP contribution in [0.2, 0.25) is 0 Å². The summed E-state index contributed by atoms with van der Waals surface area (Å²) in [7, 11) is 0. The smallest absolute Gasteiger partial charge is 0.244 e. The minimum Gasteiger partial charge on any atom is -0.365 e. The number of hydrogen-bond donors (Lipinski definition) is 2. The molecule has 5 nitrogen and oxygen atoms in total. The van der Waals surface area contributed by atoms with Gasteiger partial charge in [-0.15, -0.1) is 11.7 Å². The lowest BCUT2D eigenvalue weighted by atomic mass is 10.3. The fourth-order valence-electron chi connectivity index (χ4n) is 0.949. The third kappa shape index (κ3) is 3.93. The molecule has 0 saturated heterocycles. The van der Waals surface area contributed by atoms with E-state index >= 15 is 0 Å². The van der Waals surface area contributed by atoms with Gasteiger partial charge in [0.2, 0.25) is 5.95 Å². The highest BCUT2D eigenvalue weighted by Gasteiger charge is 2.02. The maximum Gasteiger partial charge on any atom is 0.244 e. The predicted molar refractivity (Wildman–Crippen MR) is 61.9 cm³/mol. The molecule has 15 heavy (non-hydrogen) atoms. The Kier molecular flexibility index (Phi) is 4.53. The van der Waals surface area contributed by atoms with Crippen molar-refractivity contribution in [3.05, 3.63) is 18.9 Å². The summed E-state index contributed by atoms with van der Waals surface area (Å²) in [5.41, 5.74) is 0. The molecule has 0 aromatic carbocycles. The molecular weight excluding hydrogens is 190 g/mol. The molecule has 0 fully saturated rings. The van der Waals surface area contributed by atoms with Gasteiger partial charge in [-0.3, -0.25) is 0 Å². The maximum atomic E-state index is 4.25. The normalized spacial score (nSPS) is 11.9. The van der Waals surface area contributed by atoms with E-state index in [0.717, 1.165) is 6.42 Å². The summed E-state index contributed by atoms with van der Waals surface area (Å²) in [6, 6.07) is 0.349. The van der Waals surface area contributed by atoms with E-state index in [4.69, 9.17) is 0 Å². The topological polar surface area (TPSA) is 62.7 Å². The molecule has 5 heteroatoms. The zero-order valence-electron chi connectivity index (χ0n) is 9.20. The van der Waals surface area contributed by atoms with Crippen molar-refractivity contribution in [1.29, 1.82) is 0 Å². The largest absolute Gasteiger partial charge is 0.365 e. The van der Waals surface area contributed by atoms with Crippen LogP contribution in [0, 0.1) is 0 Å². The van der Waals surface area contributed by atoms with Crippen molar-refractivity contribution < 1.29 is 0 Å². The van der Waals surface area contributed by atoms with Crippen molar-refractivity contribution in [3.8, 4) is 0 Å². The molecule has 1 rings (SSSR count). The lowest BCUT2D eigenvalue weighted by molar-refractivity contribution is 0.746. The Hall–Kier alpha value is -1.65. The van der Waals surface area contributed by atoms with E-state index in [1.807, 2.05) is 0 Å². The van der Waals surface area contributed by atoms with E-state index in [0.29, 0.717) is 24.4 Å². The quantitative estimate of drug-likeness (QED) is 0.695. The van der Waals surface area contributed by atoms with Gasteiger partial charge in [-0.1, -0.05) is 13.0 Å². The van der Waals surface area contributed by atoms with Crippen molar-refractivity contribution in [2.75, 3.05) is 17.2 Å². The Morgan fingerprint density at radius 3 is 3.07 bits per heavy atom. The first-order chi connectivity index (χ1) is 7.26. The summed E-state index contributed by atoms with van der Waals surface area (Å²) >= 11 is 0. The molecular formula is C10H17N5. The van der Waals surface area contributed by atoms with Crippen LogP contribution in [0.25, 0.3) is 0 Å². The Morgan fingerprint density at radius 1 is 1.60 bits per heavy atom. The van der Waals surface area contributed by atoms with E-state index < -0.39 is 0 Å². The summed E-state index contributed by atoms with van der Waals surface area (Å²) in [6.07, 6.45) is 4.38. The van der Waals surface area contributed by atoms with Crippen LogP contribution in [-0.2, 0) is 0 Å². The van der Waals surface area contributed by atoms with Crippen LogP contribution in [-0.4, -0.2) is 27.8 Å². The average Bonchev–Trinajstić information content (AvgIpc) is 2.26. The van der Waals surface area contributed by atoms with Crippen LogP contribution in [0.4, 0.5) is 11.8 Å². The Morgan fingerprint density at radius 2 is 2.40 bits per heavy atom. The van der Waals surface area contributed by atoms with Crippen LogP contribution < -0.4 is 10.6 Å². The molecule has 0 aliphatic heterocycles. The highest BCUT2D eigenvalue weighted by molar-refractivity contribution is 5.37. The number of anilines is 2. The number of hydrogen-bond acceptors (Lipinski definition) is 5. The minimum absolute atomic E-state index is 0.349. The van der Waals surface area contributed by atoms with Gasteiger partial charge in [0.05, 0.1) is 6.20 Å². The molecule has 1 unspecified atom stereocenters. The lowest BCUT2D eigenvalue weighted by Gasteiger charge is -2.11. The van der Waals surface area contributed by atoms with Gasteiger partial charge in [0.25, 0.3) is 0 Å². The Bertz CT molecular complexity index is 312. The van der Waals surface area contributed by atoms with Crippen LogP contribution in [0.15, 0.2) is 18.9 Å². The van der Waals surface area contributed by atoms with Gasteiger partial charge >= 0.3 is 0 Å². The second-order valence-electron chi connectivity index (χ2n) is 3.29. The van der Waals surface area contributed by atoms with E-state index in [2.05, 4.69) is 46.2 Å². The summed E-state index contributed by atoms with van der Waals surface area (Å²) in [6.45, 7) is 8.46. The molecule has 0 aliphatic rings. The molecule has 1 heterocycles. The van der Waals surface area contributed by atoms with Crippen molar-refractivity contribution in [1.82, 2.24) is 15.2 Å². The molecule has 82 valence electrons. The molecule has 0 saturated carbocycles. The van der Waals surface area contributed by atoms with E-state index in [1.165, 1.54) is 0 Å². The third-order valence-electron chi connectivity index (χ3n) is 1.97. The van der Waals surface area contributed by atoms with Gasteiger partial charge in [-0.25, -0.2) is 0 Å². The fraction of sp³-hybridized carbons (Fsp3) is 0.500. The van der Waals surface area contributed by atoms with Gasteiger partial charge in [0.1, 0.15) is 0 Å². The summed E-state index contributed by atoms with van der Waals surface area (Å²) in [5, 5.41) is 14.0. The SMILES string of the molecule is C=CCNc1cnnc(NC(C)CC)n1. The number of nitrogens with zero attached hydrogens (tertiary/aromatic N) is 3. The van der Waals surface area contributed by atoms with Gasteiger partial charge < -0.3 is 10.6 Å². The highest BCUT2D eigenvalue weighted by atomic mass is 15.3. The summed E-state index contributed by atoms with van der Waals surface area (Å²) < 4.78 is 0. The Labute approximate surface area is 90.0 Å². The fourth-order valence-corrected chi connectivity index (χ4v) is 0.949. The summed E-state index contributed by atoms with van der Waals surface area (Å²) in [5.74, 6) is 1.26. The maximum absolute atomic E-state index is 4.25. The molecule has 2 N–H and O–H groups in total. The third-order valence-corrected chi connectivity index (χ3v) is 1.97. The van der Waals surface area contributed by atoms with Crippen LogP contribution in [0.1, 0.15) is 20.3 Å². The lowest BCUT2D eigenvalue weighted by Crippen LogP contribution is -2.16. The molecule has 1 aromatic heterocycles. The number of aromatic nitrogens is 3. The first kappa shape index (κ1) is 11.4. The zero-order chi connectivity index (χ0) is 11.1. The highest BCUT2D eigenvalue weighted by Crippen LogP contribution is 2.05. The van der Waals surface area contributed by atoms with Crippen LogP contribution in [0.3, 0.4) is 0 Å². The van der Waals surface area contributed by atoms with Crippen molar-refractivity contribution >= 4 is 11.8 Å². The monoisotopic (exact) mass is 207 g/mol. The minimum atomic E-state index is 0.349. The van der Waals surface area contributed by atoms with Crippen molar-refractivity contribution in [2.45, 2.75) is 26.3 Å². The second kappa shape index (κ2) is 5.95. The number of nitrogens with one attached hydrogen (secondary N) is 2. The first-order valence-electron chi connectivity index (χ1n) is 5.07. The van der Waals surface area contributed by atoms with Crippen molar-refractivity contribution in [2.24, 2.45) is 0 Å². The number of rotatable bonds is 6. The molecule has 0 bridgehead atoms. The molecule has 1 atom stereocenters.